The van der Waals surface area contributed by atoms with E-state index in [-0.39, 0.29) is 18.5 Å². The molecule has 1 aromatic carbocycles. The Bertz CT molecular complexity index is 493. The number of hydrogen-bond acceptors (Lipinski definition) is 2. The third kappa shape index (κ3) is 3.05. The summed E-state index contributed by atoms with van der Waals surface area (Å²) in [6.07, 6.45) is 0. The molecule has 1 fully saturated rings. The van der Waals surface area contributed by atoms with Crippen LogP contribution in [0.2, 0.25) is 10.0 Å². The Morgan fingerprint density at radius 3 is 2.89 bits per heavy atom. The average Bonchev–Trinajstić information content (AvgIpc) is 2.34. The highest BCUT2D eigenvalue weighted by Crippen LogP contribution is 2.25. The zero-order chi connectivity index (χ0) is 13.1. The van der Waals surface area contributed by atoms with Crippen molar-refractivity contribution in [2.45, 2.75) is 0 Å². The molecule has 2 rings (SSSR count). The van der Waals surface area contributed by atoms with Crippen molar-refractivity contribution in [3.63, 3.8) is 0 Å². The van der Waals surface area contributed by atoms with Crippen molar-refractivity contribution >= 4 is 40.8 Å². The highest BCUT2D eigenvalue weighted by atomic mass is 35.5. The molecule has 0 saturated carbocycles. The maximum Gasteiger partial charge on any atom is 0.322 e. The van der Waals surface area contributed by atoms with Crippen LogP contribution in [-0.2, 0) is 4.79 Å². The first kappa shape index (κ1) is 13.0. The molecule has 1 heterocycles. The molecular formula is C11H11Cl2N3O2. The van der Waals surface area contributed by atoms with E-state index in [1.165, 1.54) is 4.90 Å². The van der Waals surface area contributed by atoms with Crippen LogP contribution in [0.3, 0.4) is 0 Å². The van der Waals surface area contributed by atoms with Crippen molar-refractivity contribution in [1.29, 1.82) is 0 Å². The van der Waals surface area contributed by atoms with Crippen LogP contribution in [0.4, 0.5) is 10.5 Å². The van der Waals surface area contributed by atoms with Crippen LogP contribution in [0.1, 0.15) is 0 Å². The number of hydrogen-bond donors (Lipinski definition) is 2. The van der Waals surface area contributed by atoms with Crippen molar-refractivity contribution in [3.05, 3.63) is 28.2 Å². The molecule has 0 spiro atoms. The molecule has 1 aliphatic rings. The van der Waals surface area contributed by atoms with E-state index in [0.717, 1.165) is 0 Å². The van der Waals surface area contributed by atoms with Crippen molar-refractivity contribution < 1.29 is 9.59 Å². The minimum absolute atomic E-state index is 0.0457. The number of carbonyl (C=O) groups excluding carboxylic acids is 2. The van der Waals surface area contributed by atoms with Gasteiger partial charge in [-0.2, -0.15) is 0 Å². The smallest absolute Gasteiger partial charge is 0.322 e. The Morgan fingerprint density at radius 2 is 2.17 bits per heavy atom. The SMILES string of the molecule is O=C1CN(C(=O)Nc2cc(Cl)ccc2Cl)CCN1. The minimum Gasteiger partial charge on any atom is -0.353 e. The molecule has 3 amide bonds. The van der Waals surface area contributed by atoms with Crippen molar-refractivity contribution in [2.75, 3.05) is 25.0 Å². The van der Waals surface area contributed by atoms with Gasteiger partial charge in [0.15, 0.2) is 0 Å². The van der Waals surface area contributed by atoms with Crippen LogP contribution in [0.15, 0.2) is 18.2 Å². The summed E-state index contributed by atoms with van der Waals surface area (Å²) in [7, 11) is 0. The van der Waals surface area contributed by atoms with Gasteiger partial charge in [0, 0.05) is 18.1 Å². The topological polar surface area (TPSA) is 61.4 Å². The van der Waals surface area contributed by atoms with E-state index < -0.39 is 0 Å². The summed E-state index contributed by atoms with van der Waals surface area (Å²) in [6.45, 7) is 0.968. The van der Waals surface area contributed by atoms with Crippen LogP contribution in [0, 0.1) is 0 Å². The first-order valence-corrected chi connectivity index (χ1v) is 6.09. The third-order valence-electron chi connectivity index (χ3n) is 2.50. The predicted octanol–water partition coefficient (Wildman–Crippen LogP) is 1.96. The lowest BCUT2D eigenvalue weighted by molar-refractivity contribution is -0.123. The Hall–Kier alpha value is -1.46. The zero-order valence-electron chi connectivity index (χ0n) is 9.37. The fraction of sp³-hybridized carbons (Fsp3) is 0.273. The number of rotatable bonds is 1. The average molecular weight is 288 g/mol. The summed E-state index contributed by atoms with van der Waals surface area (Å²) in [5.74, 6) is -0.173. The first-order valence-electron chi connectivity index (χ1n) is 5.34. The fourth-order valence-corrected chi connectivity index (χ4v) is 1.94. The molecule has 0 bridgehead atoms. The van der Waals surface area contributed by atoms with E-state index in [1.807, 2.05) is 0 Å². The van der Waals surface area contributed by atoms with Gasteiger partial charge in [-0.25, -0.2) is 4.79 Å². The van der Waals surface area contributed by atoms with Gasteiger partial charge in [0.25, 0.3) is 0 Å². The highest BCUT2D eigenvalue weighted by Gasteiger charge is 2.21. The first-order chi connectivity index (χ1) is 8.56. The molecule has 0 aromatic heterocycles. The second-order valence-electron chi connectivity index (χ2n) is 3.83. The van der Waals surface area contributed by atoms with Gasteiger partial charge in [-0.1, -0.05) is 23.2 Å². The Labute approximate surface area is 114 Å². The quantitative estimate of drug-likeness (QED) is 0.829. The van der Waals surface area contributed by atoms with Gasteiger partial charge in [-0.15, -0.1) is 0 Å². The minimum atomic E-state index is -0.367. The Balaban J connectivity index is 2.06. The molecule has 18 heavy (non-hydrogen) atoms. The Kier molecular flexibility index (Phi) is 3.93. The van der Waals surface area contributed by atoms with Gasteiger partial charge in [0.05, 0.1) is 10.7 Å². The van der Waals surface area contributed by atoms with E-state index >= 15 is 0 Å². The van der Waals surface area contributed by atoms with Crippen molar-refractivity contribution in [1.82, 2.24) is 10.2 Å². The number of piperazine rings is 1. The van der Waals surface area contributed by atoms with Crippen LogP contribution in [0.5, 0.6) is 0 Å². The number of urea groups is 1. The van der Waals surface area contributed by atoms with Gasteiger partial charge >= 0.3 is 6.03 Å². The third-order valence-corrected chi connectivity index (χ3v) is 3.06. The van der Waals surface area contributed by atoms with Crippen LogP contribution in [0.25, 0.3) is 0 Å². The number of halogens is 2. The molecule has 5 nitrogen and oxygen atoms in total. The summed E-state index contributed by atoms with van der Waals surface area (Å²) in [5.41, 5.74) is 0.431. The van der Waals surface area contributed by atoms with Gasteiger partial charge in [0.2, 0.25) is 5.91 Å². The lowest BCUT2D eigenvalue weighted by Gasteiger charge is -2.26. The van der Waals surface area contributed by atoms with E-state index in [0.29, 0.717) is 28.8 Å². The summed E-state index contributed by atoms with van der Waals surface area (Å²) in [5, 5.41) is 6.15. The molecular weight excluding hydrogens is 277 g/mol. The number of nitrogens with one attached hydrogen (secondary N) is 2. The molecule has 2 N–H and O–H groups in total. The summed E-state index contributed by atoms with van der Waals surface area (Å²) in [4.78, 5) is 24.5. The molecule has 0 atom stereocenters. The van der Waals surface area contributed by atoms with Crippen LogP contribution in [-0.4, -0.2) is 36.5 Å². The molecule has 1 aromatic rings. The molecule has 0 radical (unpaired) electrons. The van der Waals surface area contributed by atoms with E-state index in [9.17, 15) is 9.59 Å². The number of amides is 3. The summed E-state index contributed by atoms with van der Waals surface area (Å²) < 4.78 is 0. The maximum absolute atomic E-state index is 11.9. The highest BCUT2D eigenvalue weighted by molar-refractivity contribution is 6.35. The zero-order valence-corrected chi connectivity index (χ0v) is 10.9. The molecule has 96 valence electrons. The second kappa shape index (κ2) is 5.46. The molecule has 0 aliphatic carbocycles. The van der Waals surface area contributed by atoms with Gasteiger partial charge in [-0.05, 0) is 18.2 Å². The summed E-state index contributed by atoms with van der Waals surface area (Å²) in [6, 6.07) is 4.43. The number of benzene rings is 1. The lowest BCUT2D eigenvalue weighted by atomic mass is 10.3. The number of anilines is 1. The van der Waals surface area contributed by atoms with Crippen LogP contribution >= 0.6 is 23.2 Å². The van der Waals surface area contributed by atoms with Gasteiger partial charge in [0.1, 0.15) is 6.54 Å². The predicted molar refractivity (Wildman–Crippen MR) is 70.1 cm³/mol. The molecule has 1 aliphatic heterocycles. The monoisotopic (exact) mass is 287 g/mol. The van der Waals surface area contributed by atoms with Crippen molar-refractivity contribution in [2.24, 2.45) is 0 Å². The largest absolute Gasteiger partial charge is 0.353 e. The summed E-state index contributed by atoms with van der Waals surface area (Å²) >= 11 is 11.8. The van der Waals surface area contributed by atoms with E-state index in [4.69, 9.17) is 23.2 Å². The van der Waals surface area contributed by atoms with Gasteiger partial charge in [-0.3, -0.25) is 4.79 Å². The molecule has 7 heteroatoms. The lowest BCUT2D eigenvalue weighted by Crippen LogP contribution is -2.51. The van der Waals surface area contributed by atoms with E-state index in [1.54, 1.807) is 18.2 Å². The van der Waals surface area contributed by atoms with Crippen LogP contribution < -0.4 is 10.6 Å². The molecule has 1 saturated heterocycles. The second-order valence-corrected chi connectivity index (χ2v) is 4.67. The number of nitrogens with zero attached hydrogens (tertiary/aromatic N) is 1. The van der Waals surface area contributed by atoms with Gasteiger partial charge < -0.3 is 15.5 Å². The van der Waals surface area contributed by atoms with E-state index in [2.05, 4.69) is 10.6 Å². The van der Waals surface area contributed by atoms with Crippen molar-refractivity contribution in [3.8, 4) is 0 Å². The maximum atomic E-state index is 11.9. The molecule has 0 unspecified atom stereocenters. The number of carbonyl (C=O) groups is 2. The Morgan fingerprint density at radius 1 is 1.39 bits per heavy atom. The fourth-order valence-electron chi connectivity index (χ4n) is 1.60. The standard InChI is InChI=1S/C11H11Cl2N3O2/c12-7-1-2-8(13)9(5-7)15-11(18)16-4-3-14-10(17)6-16/h1-2,5H,3-4,6H2,(H,14,17)(H,15,18). The normalized spacial score (nSPS) is 15.2.